The average molecular weight is 417 g/mol. The lowest BCUT2D eigenvalue weighted by atomic mass is 10.1. The van der Waals surface area contributed by atoms with Gasteiger partial charge in [0.25, 0.3) is 11.5 Å². The first-order valence-corrected chi connectivity index (χ1v) is 9.98. The minimum atomic E-state index is -3.96. The number of aryl methyl sites for hydroxylation is 2. The largest absolute Gasteiger partial charge is 0.332 e. The van der Waals surface area contributed by atoms with Crippen molar-refractivity contribution in [2.24, 2.45) is 19.2 Å². The predicted octanol–water partition coefficient (Wildman–Crippen LogP) is 0.149. The van der Waals surface area contributed by atoms with Crippen LogP contribution in [0.3, 0.4) is 0 Å². The van der Waals surface area contributed by atoms with Gasteiger partial charge in [-0.15, -0.1) is 0 Å². The number of carbonyl (C=O) groups excluding carboxylic acids is 1. The third-order valence-corrected chi connectivity index (χ3v) is 5.64. The van der Waals surface area contributed by atoms with E-state index < -0.39 is 27.2 Å². The second-order valence-corrected chi connectivity index (χ2v) is 8.25. The Morgan fingerprint density at radius 1 is 1.10 bits per heavy atom. The molecule has 2 aromatic heterocycles. The Bertz CT molecular complexity index is 1400. The second kappa shape index (κ2) is 6.94. The number of amides is 1. The first kappa shape index (κ1) is 20.4. The molecule has 0 saturated heterocycles. The number of sulfonamides is 1. The van der Waals surface area contributed by atoms with Crippen LogP contribution in [0.25, 0.3) is 11.0 Å². The highest BCUT2D eigenvalue weighted by molar-refractivity contribution is 7.89. The zero-order valence-electron chi connectivity index (χ0n) is 16.2. The zero-order chi connectivity index (χ0) is 21.7. The summed E-state index contributed by atoms with van der Waals surface area (Å²) >= 11 is 0. The Morgan fingerprint density at radius 3 is 2.38 bits per heavy atom. The van der Waals surface area contributed by atoms with E-state index in [2.05, 4.69) is 10.3 Å². The van der Waals surface area contributed by atoms with Crippen LogP contribution in [0.4, 0.5) is 5.69 Å². The minimum absolute atomic E-state index is 0.0428. The van der Waals surface area contributed by atoms with Crippen LogP contribution < -0.4 is 21.7 Å². The van der Waals surface area contributed by atoms with Crippen LogP contribution in [0.2, 0.25) is 0 Å². The molecule has 0 spiro atoms. The van der Waals surface area contributed by atoms with Gasteiger partial charge in [0.1, 0.15) is 11.3 Å². The van der Waals surface area contributed by atoms with Crippen LogP contribution in [-0.2, 0) is 24.1 Å². The number of hydrogen-bond donors (Lipinski definition) is 2. The van der Waals surface area contributed by atoms with Gasteiger partial charge < -0.3 is 5.32 Å². The normalized spacial score (nSPS) is 11.6. The third-order valence-electron chi connectivity index (χ3n) is 4.75. The Hall–Kier alpha value is -3.31. The van der Waals surface area contributed by atoms with Gasteiger partial charge in [-0.2, -0.15) is 0 Å². The lowest BCUT2D eigenvalue weighted by molar-refractivity contribution is 0.102. The number of benzene rings is 1. The summed E-state index contributed by atoms with van der Waals surface area (Å²) in [5.41, 5.74) is 0.487. The summed E-state index contributed by atoms with van der Waals surface area (Å²) in [7, 11) is -1.15. The molecule has 1 aromatic carbocycles. The van der Waals surface area contributed by atoms with E-state index >= 15 is 0 Å². The summed E-state index contributed by atoms with van der Waals surface area (Å²) in [5.74, 6) is -0.630. The monoisotopic (exact) mass is 417 g/mol. The molecule has 0 aliphatic carbocycles. The number of nitrogens with one attached hydrogen (secondary N) is 1. The summed E-state index contributed by atoms with van der Waals surface area (Å²) in [5, 5.41) is 7.99. The van der Waals surface area contributed by atoms with Gasteiger partial charge in [0.15, 0.2) is 0 Å². The number of primary sulfonamides is 1. The fourth-order valence-corrected chi connectivity index (χ4v) is 3.51. The van der Waals surface area contributed by atoms with Crippen molar-refractivity contribution in [3.63, 3.8) is 0 Å². The molecule has 0 atom stereocenters. The highest BCUT2D eigenvalue weighted by Crippen LogP contribution is 2.24. The highest BCUT2D eigenvalue weighted by Gasteiger charge is 2.17. The number of nitrogens with two attached hydrogens (primary N) is 1. The molecule has 11 heteroatoms. The van der Waals surface area contributed by atoms with Crippen molar-refractivity contribution in [1.29, 1.82) is 0 Å². The van der Waals surface area contributed by atoms with Gasteiger partial charge in [-0.05, 0) is 49.2 Å². The Kier molecular flexibility index (Phi) is 4.89. The van der Waals surface area contributed by atoms with Gasteiger partial charge in [0.05, 0.1) is 10.3 Å². The molecule has 29 heavy (non-hydrogen) atoms. The molecule has 3 rings (SSSR count). The number of pyridine rings is 1. The first-order valence-electron chi connectivity index (χ1n) is 8.44. The molecule has 152 valence electrons. The van der Waals surface area contributed by atoms with Gasteiger partial charge in [-0.25, -0.2) is 23.3 Å². The van der Waals surface area contributed by atoms with Crippen LogP contribution in [0, 0.1) is 13.8 Å². The van der Waals surface area contributed by atoms with E-state index in [-0.39, 0.29) is 27.3 Å². The number of rotatable bonds is 3. The first-order chi connectivity index (χ1) is 13.4. The molecule has 0 fully saturated rings. The molecule has 0 aliphatic rings. The van der Waals surface area contributed by atoms with Gasteiger partial charge in [0, 0.05) is 19.8 Å². The Morgan fingerprint density at radius 2 is 1.76 bits per heavy atom. The van der Waals surface area contributed by atoms with Crippen LogP contribution in [0.5, 0.6) is 0 Å². The van der Waals surface area contributed by atoms with Gasteiger partial charge in [0.2, 0.25) is 10.0 Å². The second-order valence-electron chi connectivity index (χ2n) is 6.69. The molecule has 10 nitrogen and oxygen atoms in total. The van der Waals surface area contributed by atoms with Gasteiger partial charge in [-0.1, -0.05) is 0 Å². The van der Waals surface area contributed by atoms with Crippen LogP contribution in [-0.4, -0.2) is 28.4 Å². The zero-order valence-corrected chi connectivity index (χ0v) is 17.0. The number of anilines is 1. The van der Waals surface area contributed by atoms with Crippen molar-refractivity contribution in [3.8, 4) is 0 Å². The van der Waals surface area contributed by atoms with E-state index in [0.717, 1.165) is 4.57 Å². The smallest absolute Gasteiger partial charge is 0.320 e. The van der Waals surface area contributed by atoms with E-state index in [9.17, 15) is 22.8 Å². The lowest BCUT2D eigenvalue weighted by Gasteiger charge is -2.13. The molecule has 0 saturated carbocycles. The standard InChI is InChI=1S/C18H19N5O5S/c1-9-7-11(29(19,27)28)8-14(10(9)2)21-16(24)13-6-5-12-15(20-13)22(3)18(26)23(4)17(12)25/h5-8H,1-4H3,(H,21,24)(H2,19,27,28). The van der Waals surface area contributed by atoms with Crippen LogP contribution in [0.1, 0.15) is 21.6 Å². The van der Waals surface area contributed by atoms with Crippen LogP contribution in [0.15, 0.2) is 38.8 Å². The molecule has 2 heterocycles. The average Bonchev–Trinajstić information content (AvgIpc) is 2.66. The third kappa shape index (κ3) is 3.57. The topological polar surface area (TPSA) is 146 Å². The predicted molar refractivity (Wildman–Crippen MR) is 107 cm³/mol. The summed E-state index contributed by atoms with van der Waals surface area (Å²) in [6.07, 6.45) is 0. The number of fused-ring (bicyclic) bond motifs is 1. The van der Waals surface area contributed by atoms with E-state index in [4.69, 9.17) is 5.14 Å². The Balaban J connectivity index is 2.09. The fourth-order valence-electron chi connectivity index (χ4n) is 2.89. The maximum atomic E-state index is 12.7. The van der Waals surface area contributed by atoms with Gasteiger partial charge in [-0.3, -0.25) is 18.7 Å². The lowest BCUT2D eigenvalue weighted by Crippen LogP contribution is -2.37. The van der Waals surface area contributed by atoms with Crippen molar-refractivity contribution in [1.82, 2.24) is 14.1 Å². The molecule has 1 amide bonds. The molecule has 0 aliphatic heterocycles. The quantitative estimate of drug-likeness (QED) is 0.620. The minimum Gasteiger partial charge on any atom is -0.320 e. The number of carbonyl (C=O) groups is 1. The van der Waals surface area contributed by atoms with E-state index in [0.29, 0.717) is 11.1 Å². The van der Waals surface area contributed by atoms with Crippen LogP contribution >= 0.6 is 0 Å². The van der Waals surface area contributed by atoms with E-state index in [1.807, 2.05) is 0 Å². The molecule has 0 bridgehead atoms. The molecule has 0 radical (unpaired) electrons. The van der Waals surface area contributed by atoms with E-state index in [1.165, 1.54) is 42.9 Å². The molecule has 3 aromatic rings. The number of hydrogen-bond acceptors (Lipinski definition) is 6. The highest BCUT2D eigenvalue weighted by atomic mass is 32.2. The fraction of sp³-hybridized carbons (Fsp3) is 0.222. The van der Waals surface area contributed by atoms with Crippen molar-refractivity contribution in [2.45, 2.75) is 18.7 Å². The summed E-state index contributed by atoms with van der Waals surface area (Å²) < 4.78 is 25.5. The molecule has 0 unspecified atom stereocenters. The summed E-state index contributed by atoms with van der Waals surface area (Å²) in [4.78, 5) is 41.1. The SMILES string of the molecule is Cc1cc(S(N)(=O)=O)cc(NC(=O)c2ccc3c(=O)n(C)c(=O)n(C)c3n2)c1C. The maximum Gasteiger partial charge on any atom is 0.332 e. The summed E-state index contributed by atoms with van der Waals surface area (Å²) in [6.45, 7) is 3.42. The number of aromatic nitrogens is 3. The maximum absolute atomic E-state index is 12.7. The van der Waals surface area contributed by atoms with Crippen molar-refractivity contribution < 1.29 is 13.2 Å². The summed E-state index contributed by atoms with van der Waals surface area (Å²) in [6, 6.07) is 5.45. The van der Waals surface area contributed by atoms with Crippen molar-refractivity contribution >= 4 is 32.7 Å². The Labute approximate surface area is 165 Å². The number of nitrogens with zero attached hydrogens (tertiary/aromatic N) is 3. The van der Waals surface area contributed by atoms with Crippen molar-refractivity contribution in [2.75, 3.05) is 5.32 Å². The molecular formula is C18H19N5O5S. The van der Waals surface area contributed by atoms with Crippen molar-refractivity contribution in [3.05, 3.63) is 61.9 Å². The van der Waals surface area contributed by atoms with Gasteiger partial charge >= 0.3 is 5.69 Å². The van der Waals surface area contributed by atoms with E-state index in [1.54, 1.807) is 13.8 Å². The molecule has 3 N–H and O–H groups in total. The molecular weight excluding hydrogens is 398 g/mol.